The van der Waals surface area contributed by atoms with E-state index >= 15 is 0 Å². The number of benzene rings is 1. The zero-order valence-corrected chi connectivity index (χ0v) is 12.9. The van der Waals surface area contributed by atoms with Crippen LogP contribution < -0.4 is 5.32 Å². The van der Waals surface area contributed by atoms with Crippen LogP contribution >= 0.6 is 0 Å². The van der Waals surface area contributed by atoms with E-state index in [1.54, 1.807) is 0 Å². The molecule has 3 unspecified atom stereocenters. The zero-order valence-electron chi connectivity index (χ0n) is 12.9. The van der Waals surface area contributed by atoms with Crippen molar-refractivity contribution in [1.29, 1.82) is 0 Å². The fourth-order valence-corrected chi connectivity index (χ4v) is 3.15. The lowest BCUT2D eigenvalue weighted by molar-refractivity contribution is 0.107. The summed E-state index contributed by atoms with van der Waals surface area (Å²) < 4.78 is 0. The summed E-state index contributed by atoms with van der Waals surface area (Å²) in [6.45, 7) is 5.91. The highest BCUT2D eigenvalue weighted by molar-refractivity contribution is 5.16. The maximum atomic E-state index is 9.65. The maximum Gasteiger partial charge on any atom is 0.0587 e. The van der Waals surface area contributed by atoms with Crippen LogP contribution in [0, 0.1) is 5.92 Å². The van der Waals surface area contributed by atoms with Crippen molar-refractivity contribution in [2.75, 3.05) is 20.2 Å². The summed E-state index contributed by atoms with van der Waals surface area (Å²) in [4.78, 5) is 2.42. The Hall–Kier alpha value is -0.900. The van der Waals surface area contributed by atoms with E-state index in [4.69, 9.17) is 0 Å². The molecule has 4 atom stereocenters. The van der Waals surface area contributed by atoms with Crippen LogP contribution in [0.4, 0.5) is 0 Å². The molecule has 1 fully saturated rings. The SMILES string of the molecule is CC1CN(C)C(C)CC1N[C@H](CO)Cc1ccccc1. The van der Waals surface area contributed by atoms with Crippen molar-refractivity contribution in [3.05, 3.63) is 35.9 Å². The van der Waals surface area contributed by atoms with Crippen LogP contribution in [0.1, 0.15) is 25.8 Å². The number of likely N-dealkylation sites (tertiary alicyclic amines) is 1. The van der Waals surface area contributed by atoms with Gasteiger partial charge in [0.25, 0.3) is 0 Å². The molecule has 112 valence electrons. The number of piperidine rings is 1. The van der Waals surface area contributed by atoms with Crippen molar-refractivity contribution >= 4 is 0 Å². The predicted octanol–water partition coefficient (Wildman–Crippen LogP) is 1.91. The molecular formula is C17H28N2O. The number of nitrogens with one attached hydrogen (secondary N) is 1. The third kappa shape index (κ3) is 4.05. The summed E-state index contributed by atoms with van der Waals surface area (Å²) in [7, 11) is 2.20. The summed E-state index contributed by atoms with van der Waals surface area (Å²) in [6.07, 6.45) is 2.05. The molecule has 20 heavy (non-hydrogen) atoms. The maximum absolute atomic E-state index is 9.65. The highest BCUT2D eigenvalue weighted by Crippen LogP contribution is 2.21. The lowest BCUT2D eigenvalue weighted by Crippen LogP contribution is -2.54. The van der Waals surface area contributed by atoms with Gasteiger partial charge in [0.05, 0.1) is 6.61 Å². The van der Waals surface area contributed by atoms with E-state index < -0.39 is 0 Å². The van der Waals surface area contributed by atoms with E-state index in [0.29, 0.717) is 18.0 Å². The third-order valence-corrected chi connectivity index (χ3v) is 4.61. The number of nitrogens with zero attached hydrogens (tertiary/aromatic N) is 1. The number of hydrogen-bond acceptors (Lipinski definition) is 3. The van der Waals surface area contributed by atoms with Gasteiger partial charge < -0.3 is 15.3 Å². The molecule has 0 saturated carbocycles. The molecule has 0 amide bonds. The molecule has 3 nitrogen and oxygen atoms in total. The lowest BCUT2D eigenvalue weighted by atomic mass is 9.89. The first kappa shape index (κ1) is 15.5. The number of hydrogen-bond donors (Lipinski definition) is 2. The highest BCUT2D eigenvalue weighted by Gasteiger charge is 2.30. The van der Waals surface area contributed by atoms with Crippen LogP contribution in [0.5, 0.6) is 0 Å². The van der Waals surface area contributed by atoms with Crippen LogP contribution in [-0.2, 0) is 6.42 Å². The molecule has 1 aliphatic heterocycles. The Balaban J connectivity index is 1.92. The van der Waals surface area contributed by atoms with Crippen molar-refractivity contribution in [2.45, 2.75) is 44.8 Å². The van der Waals surface area contributed by atoms with Crippen LogP contribution in [0.2, 0.25) is 0 Å². The predicted molar refractivity (Wildman–Crippen MR) is 83.8 cm³/mol. The van der Waals surface area contributed by atoms with Gasteiger partial charge in [-0.3, -0.25) is 0 Å². The second kappa shape index (κ2) is 7.21. The van der Waals surface area contributed by atoms with Crippen molar-refractivity contribution in [3.8, 4) is 0 Å². The molecular weight excluding hydrogens is 248 g/mol. The number of aliphatic hydroxyl groups is 1. The Kier molecular flexibility index (Phi) is 5.58. The topological polar surface area (TPSA) is 35.5 Å². The van der Waals surface area contributed by atoms with E-state index in [9.17, 15) is 5.11 Å². The Labute approximate surface area is 123 Å². The van der Waals surface area contributed by atoms with Gasteiger partial charge in [-0.25, -0.2) is 0 Å². The van der Waals surface area contributed by atoms with Crippen LogP contribution in [0.3, 0.4) is 0 Å². The monoisotopic (exact) mass is 276 g/mol. The smallest absolute Gasteiger partial charge is 0.0587 e. The van der Waals surface area contributed by atoms with E-state index in [1.807, 2.05) is 6.07 Å². The molecule has 0 aliphatic carbocycles. The molecule has 0 aromatic heterocycles. The van der Waals surface area contributed by atoms with Gasteiger partial charge in [-0.2, -0.15) is 0 Å². The van der Waals surface area contributed by atoms with Gasteiger partial charge in [-0.05, 0) is 38.3 Å². The second-order valence-corrected chi connectivity index (χ2v) is 6.34. The highest BCUT2D eigenvalue weighted by atomic mass is 16.3. The molecule has 0 bridgehead atoms. The Bertz CT molecular complexity index is 395. The molecule has 1 heterocycles. The number of rotatable bonds is 5. The molecule has 0 radical (unpaired) electrons. The normalized spacial score (nSPS) is 29.3. The first-order valence-corrected chi connectivity index (χ1v) is 7.71. The standard InChI is InChI=1S/C17H28N2O/c1-13-11-19(3)14(2)9-17(13)18-16(12-20)10-15-7-5-4-6-8-15/h4-8,13-14,16-18,20H,9-12H2,1-3H3/t13?,14?,16-,17?/m0/s1. The first-order valence-electron chi connectivity index (χ1n) is 7.71. The average Bonchev–Trinajstić information content (AvgIpc) is 2.45. The molecule has 1 saturated heterocycles. The van der Waals surface area contributed by atoms with Gasteiger partial charge >= 0.3 is 0 Å². The first-order chi connectivity index (χ1) is 9.60. The zero-order chi connectivity index (χ0) is 14.5. The molecule has 2 rings (SSSR count). The average molecular weight is 276 g/mol. The van der Waals surface area contributed by atoms with Gasteiger partial charge in [0.2, 0.25) is 0 Å². The lowest BCUT2D eigenvalue weighted by Gasteiger charge is -2.41. The van der Waals surface area contributed by atoms with E-state index in [2.05, 4.69) is 55.4 Å². The Morgan fingerprint density at radius 2 is 2.00 bits per heavy atom. The molecule has 1 aliphatic rings. The van der Waals surface area contributed by atoms with Crippen molar-refractivity contribution < 1.29 is 5.11 Å². The minimum absolute atomic E-state index is 0.153. The molecule has 2 N–H and O–H groups in total. The Morgan fingerprint density at radius 1 is 1.30 bits per heavy atom. The molecule has 0 spiro atoms. The quantitative estimate of drug-likeness (QED) is 0.862. The fraction of sp³-hybridized carbons (Fsp3) is 0.647. The summed E-state index contributed by atoms with van der Waals surface area (Å²) in [6, 6.07) is 11.7. The van der Waals surface area contributed by atoms with Gasteiger partial charge in [0.1, 0.15) is 0 Å². The largest absolute Gasteiger partial charge is 0.395 e. The minimum Gasteiger partial charge on any atom is -0.395 e. The molecule has 1 aromatic rings. The minimum atomic E-state index is 0.153. The summed E-state index contributed by atoms with van der Waals surface area (Å²) in [5.74, 6) is 0.626. The Morgan fingerprint density at radius 3 is 2.65 bits per heavy atom. The molecule has 3 heteroatoms. The van der Waals surface area contributed by atoms with Crippen LogP contribution in [-0.4, -0.2) is 48.3 Å². The number of aliphatic hydroxyl groups excluding tert-OH is 1. The van der Waals surface area contributed by atoms with Crippen LogP contribution in [0.25, 0.3) is 0 Å². The van der Waals surface area contributed by atoms with Gasteiger partial charge in [-0.15, -0.1) is 0 Å². The van der Waals surface area contributed by atoms with Crippen molar-refractivity contribution in [2.24, 2.45) is 5.92 Å². The summed E-state index contributed by atoms with van der Waals surface area (Å²) in [5, 5.41) is 13.3. The van der Waals surface area contributed by atoms with Gasteiger partial charge in [-0.1, -0.05) is 37.3 Å². The van der Waals surface area contributed by atoms with Gasteiger partial charge in [0.15, 0.2) is 0 Å². The van der Waals surface area contributed by atoms with Crippen molar-refractivity contribution in [3.63, 3.8) is 0 Å². The van der Waals surface area contributed by atoms with E-state index in [0.717, 1.165) is 19.4 Å². The molecule has 1 aromatic carbocycles. The third-order valence-electron chi connectivity index (χ3n) is 4.61. The summed E-state index contributed by atoms with van der Waals surface area (Å²) >= 11 is 0. The van der Waals surface area contributed by atoms with E-state index in [-0.39, 0.29) is 12.6 Å². The summed E-state index contributed by atoms with van der Waals surface area (Å²) in [5.41, 5.74) is 1.28. The van der Waals surface area contributed by atoms with Gasteiger partial charge in [0, 0.05) is 24.7 Å². The van der Waals surface area contributed by atoms with E-state index in [1.165, 1.54) is 5.56 Å². The van der Waals surface area contributed by atoms with Crippen LogP contribution in [0.15, 0.2) is 30.3 Å². The van der Waals surface area contributed by atoms with Crippen molar-refractivity contribution in [1.82, 2.24) is 10.2 Å². The second-order valence-electron chi connectivity index (χ2n) is 6.34. The fourth-order valence-electron chi connectivity index (χ4n) is 3.15.